The lowest BCUT2D eigenvalue weighted by molar-refractivity contribution is 0.766. The molecule has 4 nitrogen and oxygen atoms in total. The average Bonchev–Trinajstić information content (AvgIpc) is 3.03. The highest BCUT2D eigenvalue weighted by atomic mass is 35.5. The molecule has 6 heteroatoms. The molecule has 1 fully saturated rings. The van der Waals surface area contributed by atoms with Crippen molar-refractivity contribution in [1.82, 2.24) is 19.7 Å². The van der Waals surface area contributed by atoms with Crippen LogP contribution in [0.15, 0.2) is 28.4 Å². The van der Waals surface area contributed by atoms with Crippen molar-refractivity contribution in [3.05, 3.63) is 29.4 Å². The molecule has 88 valence electrons. The maximum atomic E-state index is 6.01. The van der Waals surface area contributed by atoms with Crippen LogP contribution in [0.1, 0.15) is 24.6 Å². The molecule has 2 heterocycles. The van der Waals surface area contributed by atoms with Crippen molar-refractivity contribution in [1.29, 1.82) is 0 Å². The molecule has 0 saturated heterocycles. The van der Waals surface area contributed by atoms with E-state index >= 15 is 0 Å². The first-order valence-corrected chi connectivity index (χ1v) is 6.61. The lowest BCUT2D eigenvalue weighted by Crippen LogP contribution is -1.94. The molecule has 0 aromatic carbocycles. The van der Waals surface area contributed by atoms with Crippen molar-refractivity contribution >= 4 is 23.4 Å². The lowest BCUT2D eigenvalue weighted by Gasteiger charge is -2.02. The number of rotatable bonds is 3. The van der Waals surface area contributed by atoms with Gasteiger partial charge in [0, 0.05) is 25.2 Å². The number of hydrogen-bond donors (Lipinski definition) is 0. The summed E-state index contributed by atoms with van der Waals surface area (Å²) in [5, 5.41) is 5.53. The van der Waals surface area contributed by atoms with Gasteiger partial charge in [-0.15, -0.1) is 0 Å². The van der Waals surface area contributed by atoms with Gasteiger partial charge in [0.05, 0.1) is 11.1 Å². The molecule has 0 unspecified atom stereocenters. The second-order valence-corrected chi connectivity index (χ2v) is 5.59. The highest BCUT2D eigenvalue weighted by molar-refractivity contribution is 7.99. The molecule has 0 bridgehead atoms. The molecular formula is C11H11ClN4S. The summed E-state index contributed by atoms with van der Waals surface area (Å²) in [6, 6.07) is 1.80. The van der Waals surface area contributed by atoms with Crippen molar-refractivity contribution in [2.45, 2.75) is 28.7 Å². The topological polar surface area (TPSA) is 43.6 Å². The van der Waals surface area contributed by atoms with E-state index in [0.717, 1.165) is 15.7 Å². The van der Waals surface area contributed by atoms with E-state index in [4.69, 9.17) is 11.6 Å². The van der Waals surface area contributed by atoms with Crippen LogP contribution in [-0.2, 0) is 7.05 Å². The molecular weight excluding hydrogens is 256 g/mol. The van der Waals surface area contributed by atoms with Crippen molar-refractivity contribution in [2.75, 3.05) is 0 Å². The van der Waals surface area contributed by atoms with Crippen LogP contribution < -0.4 is 0 Å². The summed E-state index contributed by atoms with van der Waals surface area (Å²) < 4.78 is 1.77. The van der Waals surface area contributed by atoms with Gasteiger partial charge in [0.25, 0.3) is 0 Å². The monoisotopic (exact) mass is 266 g/mol. The number of aryl methyl sites for hydroxylation is 1. The van der Waals surface area contributed by atoms with Crippen LogP contribution in [0, 0.1) is 0 Å². The summed E-state index contributed by atoms with van der Waals surface area (Å²) in [5.74, 6) is 1.39. The molecule has 1 aliphatic carbocycles. The summed E-state index contributed by atoms with van der Waals surface area (Å²) >= 11 is 7.57. The van der Waals surface area contributed by atoms with E-state index in [0.29, 0.717) is 11.1 Å². The van der Waals surface area contributed by atoms with Crippen LogP contribution in [0.5, 0.6) is 0 Å². The van der Waals surface area contributed by atoms with Gasteiger partial charge in [-0.25, -0.2) is 9.97 Å². The Morgan fingerprint density at radius 2 is 2.24 bits per heavy atom. The first kappa shape index (κ1) is 11.0. The van der Waals surface area contributed by atoms with E-state index in [2.05, 4.69) is 15.1 Å². The summed E-state index contributed by atoms with van der Waals surface area (Å²) in [6.07, 6.45) is 6.13. The van der Waals surface area contributed by atoms with E-state index in [1.807, 2.05) is 19.4 Å². The fourth-order valence-electron chi connectivity index (χ4n) is 1.56. The number of nitrogens with zero attached hydrogens (tertiary/aromatic N) is 4. The second kappa shape index (κ2) is 4.31. The van der Waals surface area contributed by atoms with Crippen LogP contribution >= 0.6 is 23.4 Å². The Kier molecular flexibility index (Phi) is 2.80. The van der Waals surface area contributed by atoms with Crippen LogP contribution in [0.3, 0.4) is 0 Å². The molecule has 2 aromatic heterocycles. The van der Waals surface area contributed by atoms with Crippen LogP contribution in [-0.4, -0.2) is 19.7 Å². The summed E-state index contributed by atoms with van der Waals surface area (Å²) in [5.41, 5.74) is 0. The van der Waals surface area contributed by atoms with Crippen LogP contribution in [0.25, 0.3) is 0 Å². The largest absolute Gasteiger partial charge is 0.275 e. The van der Waals surface area contributed by atoms with Crippen molar-refractivity contribution in [2.24, 2.45) is 7.05 Å². The molecule has 0 atom stereocenters. The molecule has 0 aliphatic heterocycles. The third kappa shape index (κ3) is 2.61. The van der Waals surface area contributed by atoms with E-state index < -0.39 is 0 Å². The van der Waals surface area contributed by atoms with Gasteiger partial charge < -0.3 is 0 Å². The summed E-state index contributed by atoms with van der Waals surface area (Å²) in [6.45, 7) is 0. The SMILES string of the molecule is Cn1cc(Sc2cc(Cl)nc(C3CC3)n2)cn1. The Balaban J connectivity index is 1.86. The average molecular weight is 267 g/mol. The van der Waals surface area contributed by atoms with Crippen LogP contribution in [0.2, 0.25) is 5.15 Å². The molecule has 1 saturated carbocycles. The minimum Gasteiger partial charge on any atom is -0.275 e. The molecule has 0 amide bonds. The molecule has 1 aliphatic rings. The van der Waals surface area contributed by atoms with Crippen molar-refractivity contribution in [3.8, 4) is 0 Å². The smallest absolute Gasteiger partial charge is 0.134 e. The molecule has 0 N–H and O–H groups in total. The van der Waals surface area contributed by atoms with E-state index in [1.54, 1.807) is 22.5 Å². The second-order valence-electron chi connectivity index (χ2n) is 4.11. The third-order valence-electron chi connectivity index (χ3n) is 2.53. The van der Waals surface area contributed by atoms with E-state index in [1.165, 1.54) is 12.8 Å². The van der Waals surface area contributed by atoms with Gasteiger partial charge in [0.15, 0.2) is 0 Å². The Morgan fingerprint density at radius 3 is 2.88 bits per heavy atom. The van der Waals surface area contributed by atoms with Gasteiger partial charge in [0.1, 0.15) is 16.0 Å². The zero-order valence-electron chi connectivity index (χ0n) is 9.30. The maximum Gasteiger partial charge on any atom is 0.134 e. The normalized spacial score (nSPS) is 15.2. The van der Waals surface area contributed by atoms with Gasteiger partial charge in [-0.3, -0.25) is 4.68 Å². The minimum absolute atomic E-state index is 0.516. The minimum atomic E-state index is 0.516. The highest BCUT2D eigenvalue weighted by Crippen LogP contribution is 2.39. The number of halogens is 1. The van der Waals surface area contributed by atoms with Gasteiger partial charge in [0.2, 0.25) is 0 Å². The third-order valence-corrected chi connectivity index (χ3v) is 3.59. The predicted octanol–water partition coefficient (Wildman–Crippen LogP) is 2.89. The molecule has 0 spiro atoms. The Hall–Kier alpha value is -1.07. The zero-order chi connectivity index (χ0) is 11.8. The molecule has 2 aromatic rings. The van der Waals surface area contributed by atoms with Crippen LogP contribution in [0.4, 0.5) is 0 Å². The first-order chi connectivity index (χ1) is 8.20. The Morgan fingerprint density at radius 1 is 1.41 bits per heavy atom. The molecule has 0 radical (unpaired) electrons. The standard InChI is InChI=1S/C11H11ClN4S/c1-16-6-8(5-13-16)17-10-4-9(12)14-11(15-10)7-2-3-7/h4-7H,2-3H2,1H3. The van der Waals surface area contributed by atoms with Gasteiger partial charge >= 0.3 is 0 Å². The van der Waals surface area contributed by atoms with Crippen molar-refractivity contribution in [3.63, 3.8) is 0 Å². The van der Waals surface area contributed by atoms with Crippen molar-refractivity contribution < 1.29 is 0 Å². The van der Waals surface area contributed by atoms with Gasteiger partial charge in [-0.2, -0.15) is 5.10 Å². The lowest BCUT2D eigenvalue weighted by atomic mass is 10.4. The van der Waals surface area contributed by atoms with E-state index in [-0.39, 0.29) is 0 Å². The fraction of sp³-hybridized carbons (Fsp3) is 0.364. The Labute approximate surface area is 108 Å². The predicted molar refractivity (Wildman–Crippen MR) is 66.3 cm³/mol. The van der Waals surface area contributed by atoms with Gasteiger partial charge in [-0.05, 0) is 12.8 Å². The fourth-order valence-corrected chi connectivity index (χ4v) is 2.67. The quantitative estimate of drug-likeness (QED) is 0.802. The number of aromatic nitrogens is 4. The highest BCUT2D eigenvalue weighted by Gasteiger charge is 2.27. The molecule has 3 rings (SSSR count). The summed E-state index contributed by atoms with van der Waals surface area (Å²) in [7, 11) is 1.90. The van der Waals surface area contributed by atoms with Gasteiger partial charge in [-0.1, -0.05) is 23.4 Å². The maximum absolute atomic E-state index is 6.01. The Bertz CT molecular complexity index is 550. The zero-order valence-corrected chi connectivity index (χ0v) is 10.9. The molecule has 17 heavy (non-hydrogen) atoms. The number of hydrogen-bond acceptors (Lipinski definition) is 4. The first-order valence-electron chi connectivity index (χ1n) is 5.42. The van der Waals surface area contributed by atoms with E-state index in [9.17, 15) is 0 Å². The summed E-state index contributed by atoms with van der Waals surface area (Å²) in [4.78, 5) is 9.85.